The van der Waals surface area contributed by atoms with Crippen molar-refractivity contribution in [2.24, 2.45) is 0 Å². The van der Waals surface area contributed by atoms with E-state index in [2.05, 4.69) is 31.4 Å². The van der Waals surface area contributed by atoms with Gasteiger partial charge >= 0.3 is 0 Å². The van der Waals surface area contributed by atoms with Crippen LogP contribution in [-0.4, -0.2) is 20.4 Å². The Kier molecular flexibility index (Phi) is 3.05. The van der Waals surface area contributed by atoms with Crippen molar-refractivity contribution in [3.8, 4) is 0 Å². The van der Waals surface area contributed by atoms with Gasteiger partial charge in [-0.25, -0.2) is 5.10 Å². The fourth-order valence-corrected chi connectivity index (χ4v) is 0.778. The van der Waals surface area contributed by atoms with Crippen molar-refractivity contribution in [3.05, 3.63) is 22.5 Å². The summed E-state index contributed by atoms with van der Waals surface area (Å²) in [5, 5.41) is 8.40. The van der Waals surface area contributed by atoms with E-state index in [1.54, 1.807) is 13.8 Å². The first-order chi connectivity index (χ1) is 6.39. The van der Waals surface area contributed by atoms with E-state index in [4.69, 9.17) is 0 Å². The number of nitrogens with zero attached hydrogens (tertiary/aromatic N) is 1. The number of aromatic nitrogens is 2. The van der Waals surface area contributed by atoms with Gasteiger partial charge in [-0.2, -0.15) is 5.10 Å². The fraction of sp³-hybridized carbons (Fsp3) is 0.375. The van der Waals surface area contributed by atoms with E-state index in [0.717, 1.165) is 0 Å². The molecule has 1 rings (SSSR count). The molecule has 0 fully saturated rings. The van der Waals surface area contributed by atoms with Gasteiger partial charge in [0, 0.05) is 6.07 Å². The molecule has 0 aliphatic rings. The van der Waals surface area contributed by atoms with Crippen molar-refractivity contribution in [3.63, 3.8) is 0 Å². The largest absolute Gasteiger partial charge is 0.308 e. The van der Waals surface area contributed by atoms with E-state index < -0.39 is 4.32 Å². The Balaban J connectivity index is 2.75. The molecule has 0 spiro atoms. The lowest BCUT2D eigenvalue weighted by molar-refractivity contribution is -0.117. The Morgan fingerprint density at radius 2 is 2.21 bits per heavy atom. The molecule has 2 N–H and O–H groups in total. The van der Waals surface area contributed by atoms with E-state index in [9.17, 15) is 9.59 Å². The Labute approximate surface area is 89.0 Å². The third kappa shape index (κ3) is 2.95. The van der Waals surface area contributed by atoms with Gasteiger partial charge in [-0.1, -0.05) is 15.9 Å². The molecule has 0 atom stereocenters. The molecule has 0 aliphatic heterocycles. The molecule has 1 amide bonds. The first-order valence-electron chi connectivity index (χ1n) is 3.96. The maximum atomic E-state index is 11.4. The van der Waals surface area contributed by atoms with Crippen molar-refractivity contribution in [1.29, 1.82) is 0 Å². The van der Waals surface area contributed by atoms with Gasteiger partial charge in [0.15, 0.2) is 5.82 Å². The smallest absolute Gasteiger partial charge is 0.264 e. The number of hydrogen-bond acceptors (Lipinski definition) is 3. The molecule has 5 nitrogen and oxygen atoms in total. The van der Waals surface area contributed by atoms with Gasteiger partial charge in [0.2, 0.25) is 5.91 Å². The second-order valence-electron chi connectivity index (χ2n) is 3.23. The minimum absolute atomic E-state index is 0.225. The molecule has 14 heavy (non-hydrogen) atoms. The average Bonchev–Trinajstić information content (AvgIpc) is 2.07. The molecule has 0 saturated heterocycles. The molecule has 0 bridgehead atoms. The van der Waals surface area contributed by atoms with Crippen LogP contribution in [0.2, 0.25) is 0 Å². The normalized spacial score (nSPS) is 11.1. The summed E-state index contributed by atoms with van der Waals surface area (Å²) in [6.45, 7) is 3.43. The molecule has 0 saturated carbocycles. The van der Waals surface area contributed by atoms with Crippen LogP contribution in [0.3, 0.4) is 0 Å². The summed E-state index contributed by atoms with van der Waals surface area (Å²) in [4.78, 5) is 22.1. The highest BCUT2D eigenvalue weighted by molar-refractivity contribution is 9.10. The van der Waals surface area contributed by atoms with E-state index in [1.165, 1.54) is 12.1 Å². The molecule has 1 heterocycles. The third-order valence-corrected chi connectivity index (χ3v) is 1.82. The van der Waals surface area contributed by atoms with Crippen LogP contribution in [0.25, 0.3) is 0 Å². The second-order valence-corrected chi connectivity index (χ2v) is 5.22. The van der Waals surface area contributed by atoms with Gasteiger partial charge in [0.05, 0.1) is 4.32 Å². The highest BCUT2D eigenvalue weighted by atomic mass is 79.9. The van der Waals surface area contributed by atoms with E-state index in [-0.39, 0.29) is 11.5 Å². The van der Waals surface area contributed by atoms with Crippen molar-refractivity contribution in [2.45, 2.75) is 18.2 Å². The molecular formula is C8H10BrN3O2. The lowest BCUT2D eigenvalue weighted by atomic mass is 10.2. The lowest BCUT2D eigenvalue weighted by Crippen LogP contribution is -2.31. The van der Waals surface area contributed by atoms with Crippen LogP contribution in [-0.2, 0) is 4.79 Å². The molecule has 1 aromatic heterocycles. The first kappa shape index (κ1) is 10.9. The number of anilines is 1. The summed E-state index contributed by atoms with van der Waals surface area (Å²) < 4.78 is -0.662. The van der Waals surface area contributed by atoms with E-state index >= 15 is 0 Å². The van der Waals surface area contributed by atoms with Gasteiger partial charge < -0.3 is 5.32 Å². The van der Waals surface area contributed by atoms with Gasteiger partial charge in [0.1, 0.15) is 0 Å². The number of carbonyl (C=O) groups is 1. The van der Waals surface area contributed by atoms with Crippen LogP contribution < -0.4 is 10.9 Å². The van der Waals surface area contributed by atoms with E-state index in [0.29, 0.717) is 5.82 Å². The zero-order chi connectivity index (χ0) is 10.8. The van der Waals surface area contributed by atoms with Crippen LogP contribution in [0.5, 0.6) is 0 Å². The van der Waals surface area contributed by atoms with Gasteiger partial charge in [-0.05, 0) is 19.9 Å². The SMILES string of the molecule is CC(C)(Br)C(=O)Nc1ccc(=O)[nH]n1. The zero-order valence-corrected chi connectivity index (χ0v) is 9.38. The van der Waals surface area contributed by atoms with Crippen LogP contribution in [0.15, 0.2) is 16.9 Å². The van der Waals surface area contributed by atoms with E-state index in [1.807, 2.05) is 0 Å². The number of rotatable bonds is 2. The minimum atomic E-state index is -0.662. The van der Waals surface area contributed by atoms with Crippen LogP contribution in [0, 0.1) is 0 Å². The maximum absolute atomic E-state index is 11.4. The number of halogens is 1. The molecule has 1 aromatic rings. The zero-order valence-electron chi connectivity index (χ0n) is 7.80. The summed E-state index contributed by atoms with van der Waals surface area (Å²) >= 11 is 3.20. The summed E-state index contributed by atoms with van der Waals surface area (Å²) in [6.07, 6.45) is 0. The Morgan fingerprint density at radius 3 is 2.64 bits per heavy atom. The average molecular weight is 260 g/mol. The number of nitrogens with one attached hydrogen (secondary N) is 2. The summed E-state index contributed by atoms with van der Waals surface area (Å²) in [6, 6.07) is 2.74. The monoisotopic (exact) mass is 259 g/mol. The Hall–Kier alpha value is -1.17. The molecule has 6 heteroatoms. The predicted molar refractivity (Wildman–Crippen MR) is 56.5 cm³/mol. The fourth-order valence-electron chi connectivity index (χ4n) is 0.679. The quantitative estimate of drug-likeness (QED) is 0.775. The number of alkyl halides is 1. The number of hydrogen-bond donors (Lipinski definition) is 2. The Morgan fingerprint density at radius 1 is 1.57 bits per heavy atom. The minimum Gasteiger partial charge on any atom is -0.308 e. The first-order valence-corrected chi connectivity index (χ1v) is 4.75. The molecule has 0 radical (unpaired) electrons. The molecule has 0 aliphatic carbocycles. The number of amides is 1. The summed E-state index contributed by atoms with van der Waals surface area (Å²) in [7, 11) is 0. The second kappa shape index (κ2) is 3.91. The summed E-state index contributed by atoms with van der Waals surface area (Å²) in [5.41, 5.74) is -0.305. The maximum Gasteiger partial charge on any atom is 0.264 e. The molecule has 76 valence electrons. The lowest BCUT2D eigenvalue weighted by Gasteiger charge is -2.14. The van der Waals surface area contributed by atoms with Crippen LogP contribution >= 0.6 is 15.9 Å². The Bertz CT molecular complexity index is 374. The molecule has 0 unspecified atom stereocenters. The number of carbonyl (C=O) groups excluding carboxylic acids is 1. The highest BCUT2D eigenvalue weighted by Gasteiger charge is 2.23. The number of aromatic amines is 1. The topological polar surface area (TPSA) is 74.8 Å². The highest BCUT2D eigenvalue weighted by Crippen LogP contribution is 2.17. The predicted octanol–water partition coefficient (Wildman–Crippen LogP) is 0.882. The molecule has 0 aromatic carbocycles. The van der Waals surface area contributed by atoms with Crippen molar-refractivity contribution in [2.75, 3.05) is 5.32 Å². The van der Waals surface area contributed by atoms with Gasteiger partial charge in [-0.3, -0.25) is 9.59 Å². The van der Waals surface area contributed by atoms with Crippen molar-refractivity contribution in [1.82, 2.24) is 10.2 Å². The van der Waals surface area contributed by atoms with Crippen LogP contribution in [0.4, 0.5) is 5.82 Å². The van der Waals surface area contributed by atoms with Crippen molar-refractivity contribution < 1.29 is 4.79 Å². The number of H-pyrrole nitrogens is 1. The summed E-state index contributed by atoms with van der Waals surface area (Å²) in [5.74, 6) is 0.0965. The van der Waals surface area contributed by atoms with Crippen molar-refractivity contribution >= 4 is 27.7 Å². The molecular weight excluding hydrogens is 250 g/mol. The van der Waals surface area contributed by atoms with Gasteiger partial charge in [0.25, 0.3) is 5.56 Å². The standard InChI is InChI=1S/C8H10BrN3O2/c1-8(2,9)7(14)10-5-3-4-6(13)12-11-5/h3-4H,1-2H3,(H,12,13)(H,10,11,14). The van der Waals surface area contributed by atoms with Crippen LogP contribution in [0.1, 0.15) is 13.8 Å². The van der Waals surface area contributed by atoms with Gasteiger partial charge in [-0.15, -0.1) is 0 Å². The third-order valence-electron chi connectivity index (χ3n) is 1.46.